The molecule has 7 heteroatoms. The van der Waals surface area contributed by atoms with Gasteiger partial charge in [-0.3, -0.25) is 14.9 Å². The van der Waals surface area contributed by atoms with Crippen molar-refractivity contribution >= 4 is 17.6 Å². The van der Waals surface area contributed by atoms with E-state index in [0.29, 0.717) is 6.54 Å². The second kappa shape index (κ2) is 5.90. The van der Waals surface area contributed by atoms with Crippen molar-refractivity contribution in [2.24, 2.45) is 5.92 Å². The van der Waals surface area contributed by atoms with Gasteiger partial charge in [-0.25, -0.2) is 4.79 Å². The zero-order valence-electron chi connectivity index (χ0n) is 11.6. The monoisotopic (exact) mass is 292 g/mol. The van der Waals surface area contributed by atoms with Crippen LogP contribution in [0.4, 0.5) is 5.69 Å². The molecule has 1 aromatic carbocycles. The number of rotatable bonds is 3. The predicted octanol–water partition coefficient (Wildman–Crippen LogP) is 1.92. The van der Waals surface area contributed by atoms with Crippen LogP contribution in [0.25, 0.3) is 0 Å². The summed E-state index contributed by atoms with van der Waals surface area (Å²) in [5.41, 5.74) is -0.0395. The van der Waals surface area contributed by atoms with Crippen LogP contribution in [0.15, 0.2) is 24.3 Å². The lowest BCUT2D eigenvalue weighted by Crippen LogP contribution is -2.51. The fraction of sp³-hybridized carbons (Fsp3) is 0.429. The molecule has 21 heavy (non-hydrogen) atoms. The van der Waals surface area contributed by atoms with E-state index < -0.39 is 22.8 Å². The number of carbonyl (C=O) groups is 2. The second-order valence-electron chi connectivity index (χ2n) is 5.21. The van der Waals surface area contributed by atoms with Gasteiger partial charge in [-0.2, -0.15) is 0 Å². The van der Waals surface area contributed by atoms with Crippen molar-refractivity contribution in [2.75, 3.05) is 6.54 Å². The predicted molar refractivity (Wildman–Crippen MR) is 74.0 cm³/mol. The van der Waals surface area contributed by atoms with E-state index >= 15 is 0 Å². The van der Waals surface area contributed by atoms with E-state index in [-0.39, 0.29) is 17.2 Å². The zero-order valence-corrected chi connectivity index (χ0v) is 11.6. The summed E-state index contributed by atoms with van der Waals surface area (Å²) < 4.78 is 0. The number of nitro benzene ring substituents is 1. The van der Waals surface area contributed by atoms with Crippen LogP contribution in [0.3, 0.4) is 0 Å². The van der Waals surface area contributed by atoms with Crippen LogP contribution >= 0.6 is 0 Å². The van der Waals surface area contributed by atoms with Crippen LogP contribution in [-0.2, 0) is 4.79 Å². The van der Waals surface area contributed by atoms with E-state index in [9.17, 15) is 24.8 Å². The van der Waals surface area contributed by atoms with Crippen LogP contribution in [0.2, 0.25) is 0 Å². The molecular weight excluding hydrogens is 276 g/mol. The average Bonchev–Trinajstić information content (AvgIpc) is 2.45. The van der Waals surface area contributed by atoms with Crippen molar-refractivity contribution in [3.05, 3.63) is 39.9 Å². The summed E-state index contributed by atoms with van der Waals surface area (Å²) in [6, 6.07) is 4.48. The first-order valence-electron chi connectivity index (χ1n) is 6.70. The number of carboxylic acids is 1. The Labute approximate surface area is 121 Å². The molecule has 1 heterocycles. The minimum atomic E-state index is -1.04. The number of carbonyl (C=O) groups excluding carboxylic acids is 1. The van der Waals surface area contributed by atoms with E-state index in [1.165, 1.54) is 29.2 Å². The van der Waals surface area contributed by atoms with Gasteiger partial charge < -0.3 is 10.0 Å². The first-order valence-corrected chi connectivity index (χ1v) is 6.70. The lowest BCUT2D eigenvalue weighted by Gasteiger charge is -2.37. The lowest BCUT2D eigenvalue weighted by atomic mass is 9.90. The Kier molecular flexibility index (Phi) is 4.21. The molecule has 2 rings (SSSR count). The molecule has 1 fully saturated rings. The van der Waals surface area contributed by atoms with Gasteiger partial charge in [-0.15, -0.1) is 0 Å². The molecule has 0 saturated carbocycles. The van der Waals surface area contributed by atoms with E-state index in [1.807, 2.05) is 0 Å². The van der Waals surface area contributed by atoms with Crippen molar-refractivity contribution in [2.45, 2.75) is 25.8 Å². The van der Waals surface area contributed by atoms with Crippen LogP contribution in [0.1, 0.15) is 30.1 Å². The molecule has 1 aliphatic rings. The van der Waals surface area contributed by atoms with E-state index in [0.717, 1.165) is 12.8 Å². The molecule has 0 aliphatic carbocycles. The zero-order chi connectivity index (χ0) is 15.6. The van der Waals surface area contributed by atoms with Gasteiger partial charge in [-0.05, 0) is 24.8 Å². The maximum Gasteiger partial charge on any atom is 0.326 e. The SMILES string of the molecule is CC1CCCN(C(=O)c2cccc([N+](=O)[O-])c2)C1C(=O)O. The first kappa shape index (κ1) is 15.0. The number of non-ortho nitro benzene ring substituents is 1. The van der Waals surface area contributed by atoms with Gasteiger partial charge in [0.05, 0.1) is 4.92 Å². The molecule has 0 spiro atoms. The maximum atomic E-state index is 12.5. The maximum absolute atomic E-state index is 12.5. The number of nitrogens with zero attached hydrogens (tertiary/aromatic N) is 2. The summed E-state index contributed by atoms with van der Waals surface area (Å²) >= 11 is 0. The smallest absolute Gasteiger partial charge is 0.326 e. The van der Waals surface area contributed by atoms with Crippen molar-refractivity contribution < 1.29 is 19.6 Å². The molecule has 0 radical (unpaired) electrons. The Morgan fingerprint density at radius 1 is 1.43 bits per heavy atom. The highest BCUT2D eigenvalue weighted by molar-refractivity contribution is 5.97. The third kappa shape index (κ3) is 3.01. The second-order valence-corrected chi connectivity index (χ2v) is 5.21. The van der Waals surface area contributed by atoms with Crippen LogP contribution < -0.4 is 0 Å². The molecule has 112 valence electrons. The number of piperidine rings is 1. The molecule has 7 nitrogen and oxygen atoms in total. The van der Waals surface area contributed by atoms with Crippen LogP contribution in [0.5, 0.6) is 0 Å². The fourth-order valence-electron chi connectivity index (χ4n) is 2.71. The largest absolute Gasteiger partial charge is 0.480 e. The average molecular weight is 292 g/mol. The summed E-state index contributed by atoms with van der Waals surface area (Å²) in [6.07, 6.45) is 1.47. The van der Waals surface area contributed by atoms with E-state index in [2.05, 4.69) is 0 Å². The van der Waals surface area contributed by atoms with Gasteiger partial charge in [0, 0.05) is 24.2 Å². The number of likely N-dealkylation sites (tertiary alicyclic amines) is 1. The van der Waals surface area contributed by atoms with E-state index in [4.69, 9.17) is 0 Å². The van der Waals surface area contributed by atoms with Gasteiger partial charge in [-0.1, -0.05) is 13.0 Å². The molecule has 2 atom stereocenters. The first-order chi connectivity index (χ1) is 9.91. The molecule has 1 N–H and O–H groups in total. The standard InChI is InChI=1S/C14H16N2O5/c1-9-4-3-7-15(12(9)14(18)19)13(17)10-5-2-6-11(8-10)16(20)21/h2,5-6,8-9,12H,3-4,7H2,1H3,(H,18,19). The lowest BCUT2D eigenvalue weighted by molar-refractivity contribution is -0.384. The number of aliphatic carboxylic acids is 1. The minimum Gasteiger partial charge on any atom is -0.480 e. The van der Waals surface area contributed by atoms with Gasteiger partial charge in [0.2, 0.25) is 0 Å². The highest BCUT2D eigenvalue weighted by Gasteiger charge is 2.37. The topological polar surface area (TPSA) is 101 Å². The third-order valence-corrected chi connectivity index (χ3v) is 3.75. The highest BCUT2D eigenvalue weighted by Crippen LogP contribution is 2.26. The van der Waals surface area contributed by atoms with Crippen molar-refractivity contribution in [3.8, 4) is 0 Å². The quantitative estimate of drug-likeness (QED) is 0.677. The summed E-state index contributed by atoms with van der Waals surface area (Å²) in [4.78, 5) is 35.3. The normalized spacial score (nSPS) is 21.9. The molecule has 2 unspecified atom stereocenters. The van der Waals surface area contributed by atoms with Crippen LogP contribution in [0, 0.1) is 16.0 Å². The Balaban J connectivity index is 2.31. The Morgan fingerprint density at radius 2 is 2.14 bits per heavy atom. The third-order valence-electron chi connectivity index (χ3n) is 3.75. The number of nitro groups is 1. The summed E-state index contributed by atoms with van der Waals surface area (Å²) in [5, 5.41) is 20.1. The molecular formula is C14H16N2O5. The van der Waals surface area contributed by atoms with Crippen LogP contribution in [-0.4, -0.2) is 39.4 Å². The molecule has 0 aromatic heterocycles. The Morgan fingerprint density at radius 3 is 2.76 bits per heavy atom. The summed E-state index contributed by atoms with van der Waals surface area (Å²) in [6.45, 7) is 2.15. The number of hydrogen-bond acceptors (Lipinski definition) is 4. The van der Waals surface area contributed by atoms with Gasteiger partial charge >= 0.3 is 5.97 Å². The highest BCUT2D eigenvalue weighted by atomic mass is 16.6. The minimum absolute atomic E-state index is 0.140. The number of carboxylic acid groups (broad SMARTS) is 1. The van der Waals surface area contributed by atoms with Crippen molar-refractivity contribution in [1.29, 1.82) is 0 Å². The van der Waals surface area contributed by atoms with Gasteiger partial charge in [0.1, 0.15) is 6.04 Å². The fourth-order valence-corrected chi connectivity index (χ4v) is 2.71. The Bertz CT molecular complexity index is 586. The number of amides is 1. The van der Waals surface area contributed by atoms with E-state index in [1.54, 1.807) is 6.92 Å². The Hall–Kier alpha value is -2.44. The van der Waals surface area contributed by atoms with Crippen molar-refractivity contribution in [3.63, 3.8) is 0 Å². The number of hydrogen-bond donors (Lipinski definition) is 1. The molecule has 1 aromatic rings. The molecule has 1 saturated heterocycles. The summed E-state index contributed by atoms with van der Waals surface area (Å²) in [7, 11) is 0. The molecule has 1 aliphatic heterocycles. The summed E-state index contributed by atoms with van der Waals surface area (Å²) in [5.74, 6) is -1.66. The van der Waals surface area contributed by atoms with Crippen molar-refractivity contribution in [1.82, 2.24) is 4.90 Å². The van der Waals surface area contributed by atoms with Gasteiger partial charge in [0.15, 0.2) is 0 Å². The molecule has 1 amide bonds. The van der Waals surface area contributed by atoms with Gasteiger partial charge in [0.25, 0.3) is 11.6 Å². The molecule has 0 bridgehead atoms. The number of benzene rings is 1.